The van der Waals surface area contributed by atoms with Gasteiger partial charge in [-0.1, -0.05) is 0 Å². The van der Waals surface area contributed by atoms with Gasteiger partial charge in [0.25, 0.3) is 5.91 Å². The Morgan fingerprint density at radius 3 is 2.64 bits per heavy atom. The fourth-order valence-electron chi connectivity index (χ4n) is 3.18. The molecule has 7 heteroatoms. The summed E-state index contributed by atoms with van der Waals surface area (Å²) in [5, 5.41) is 3.40. The van der Waals surface area contributed by atoms with Gasteiger partial charge in [0.2, 0.25) is 0 Å². The van der Waals surface area contributed by atoms with Crippen molar-refractivity contribution in [3.05, 3.63) is 22.3 Å². The van der Waals surface area contributed by atoms with Crippen molar-refractivity contribution in [2.24, 2.45) is 0 Å². The molecule has 0 saturated carbocycles. The molecule has 2 aliphatic rings. The molecule has 0 spiro atoms. The summed E-state index contributed by atoms with van der Waals surface area (Å²) in [6.45, 7) is 2.06. The molecule has 1 amide bonds. The van der Waals surface area contributed by atoms with Crippen molar-refractivity contribution in [3.8, 4) is 0 Å². The van der Waals surface area contributed by atoms with Crippen molar-refractivity contribution in [1.82, 2.24) is 19.7 Å². The van der Waals surface area contributed by atoms with Crippen molar-refractivity contribution in [3.63, 3.8) is 0 Å². The lowest BCUT2D eigenvalue weighted by Crippen LogP contribution is -2.61. The normalized spacial score (nSPS) is 23.6. The van der Waals surface area contributed by atoms with Gasteiger partial charge < -0.3 is 15.1 Å². The van der Waals surface area contributed by atoms with Crippen LogP contribution in [0.15, 0.2) is 16.7 Å². The van der Waals surface area contributed by atoms with Gasteiger partial charge in [-0.2, -0.15) is 0 Å². The second kappa shape index (κ2) is 6.14. The van der Waals surface area contributed by atoms with E-state index in [-0.39, 0.29) is 18.2 Å². The Morgan fingerprint density at radius 2 is 2.00 bits per heavy atom. The van der Waals surface area contributed by atoms with E-state index < -0.39 is 0 Å². The average molecular weight is 368 g/mol. The molecule has 1 fully saturated rings. The summed E-state index contributed by atoms with van der Waals surface area (Å²) in [5.41, 5.74) is 0.653. The molecule has 120 valence electrons. The maximum atomic E-state index is 13.0. The minimum Gasteiger partial charge on any atom is -0.337 e. The van der Waals surface area contributed by atoms with E-state index in [0.717, 1.165) is 30.5 Å². The number of nitrogens with zero attached hydrogens (tertiary/aromatic N) is 4. The Balaban J connectivity index is 1.93. The number of halogens is 1. The number of likely N-dealkylation sites (tertiary alicyclic amines) is 1. The smallest absolute Gasteiger partial charge is 0.260 e. The molecular formula is C15H22BrN5O. The Labute approximate surface area is 139 Å². The number of nitrogens with one attached hydrogen (secondary N) is 1. The Morgan fingerprint density at radius 1 is 1.32 bits per heavy atom. The highest BCUT2D eigenvalue weighted by atomic mass is 79.9. The first-order valence-electron chi connectivity index (χ1n) is 7.58. The van der Waals surface area contributed by atoms with Crippen molar-refractivity contribution in [2.45, 2.75) is 25.2 Å². The third-order valence-electron chi connectivity index (χ3n) is 4.43. The monoisotopic (exact) mass is 367 g/mol. The molecule has 1 atom stereocenters. The number of hydrogen-bond donors (Lipinski definition) is 1. The zero-order valence-corrected chi connectivity index (χ0v) is 14.8. The highest BCUT2D eigenvalue weighted by Gasteiger charge is 2.39. The van der Waals surface area contributed by atoms with Crippen LogP contribution in [-0.4, -0.2) is 72.2 Å². The SMILES string of the molecule is CN1CCC(N2C(=O)c3ccc(Br)nc3NC2N(C)C)CC1. The van der Waals surface area contributed by atoms with Crippen molar-refractivity contribution in [1.29, 1.82) is 0 Å². The lowest BCUT2D eigenvalue weighted by molar-refractivity contribution is 0.0210. The number of fused-ring (bicyclic) bond motifs is 1. The molecule has 1 aromatic heterocycles. The van der Waals surface area contributed by atoms with Crippen molar-refractivity contribution < 1.29 is 4.79 Å². The Bertz CT molecular complexity index is 571. The van der Waals surface area contributed by atoms with Gasteiger partial charge in [-0.3, -0.25) is 9.69 Å². The number of carbonyl (C=O) groups is 1. The van der Waals surface area contributed by atoms with Gasteiger partial charge in [-0.15, -0.1) is 0 Å². The molecule has 2 aliphatic heterocycles. The van der Waals surface area contributed by atoms with E-state index in [4.69, 9.17) is 0 Å². The third kappa shape index (κ3) is 2.85. The Hall–Kier alpha value is -1.18. The van der Waals surface area contributed by atoms with Crippen LogP contribution in [0, 0.1) is 0 Å². The standard InChI is InChI=1S/C15H22BrN5O/c1-19(2)15-18-13-11(4-5-12(16)17-13)14(22)21(15)10-6-8-20(3)9-7-10/h4-5,10,15H,6-9H2,1-3H3,(H,17,18). The van der Waals surface area contributed by atoms with E-state index in [1.165, 1.54) is 0 Å². The fraction of sp³-hybridized carbons (Fsp3) is 0.600. The van der Waals surface area contributed by atoms with Crippen LogP contribution in [0.5, 0.6) is 0 Å². The summed E-state index contributed by atoms with van der Waals surface area (Å²) < 4.78 is 0.733. The molecule has 0 aromatic carbocycles. The molecule has 1 N–H and O–H groups in total. The number of amides is 1. The van der Waals surface area contributed by atoms with Crippen LogP contribution in [0.3, 0.4) is 0 Å². The number of pyridine rings is 1. The highest BCUT2D eigenvalue weighted by Crippen LogP contribution is 2.30. The van der Waals surface area contributed by atoms with Crippen LogP contribution in [0.25, 0.3) is 0 Å². The number of piperidine rings is 1. The maximum Gasteiger partial charge on any atom is 0.260 e. The summed E-state index contributed by atoms with van der Waals surface area (Å²) in [6.07, 6.45) is 1.86. The lowest BCUT2D eigenvalue weighted by atomic mass is 10.0. The van der Waals surface area contributed by atoms with Crippen LogP contribution in [0.1, 0.15) is 23.2 Å². The number of rotatable bonds is 2. The van der Waals surface area contributed by atoms with E-state index in [0.29, 0.717) is 11.4 Å². The van der Waals surface area contributed by atoms with Gasteiger partial charge in [-0.25, -0.2) is 4.98 Å². The van der Waals surface area contributed by atoms with Crippen LogP contribution in [0.2, 0.25) is 0 Å². The second-order valence-electron chi connectivity index (χ2n) is 6.26. The van der Waals surface area contributed by atoms with Gasteiger partial charge in [0.15, 0.2) is 6.29 Å². The number of aromatic nitrogens is 1. The predicted octanol–water partition coefficient (Wildman–Crippen LogP) is 1.65. The van der Waals surface area contributed by atoms with E-state index >= 15 is 0 Å². The van der Waals surface area contributed by atoms with E-state index in [2.05, 4.69) is 38.2 Å². The molecule has 0 bridgehead atoms. The van der Waals surface area contributed by atoms with Gasteiger partial charge in [0.1, 0.15) is 10.4 Å². The Kier molecular flexibility index (Phi) is 4.38. The first-order valence-corrected chi connectivity index (χ1v) is 8.37. The van der Waals surface area contributed by atoms with E-state index in [1.807, 2.05) is 36.0 Å². The van der Waals surface area contributed by atoms with E-state index in [1.54, 1.807) is 0 Å². The fourth-order valence-corrected chi connectivity index (χ4v) is 3.49. The third-order valence-corrected chi connectivity index (χ3v) is 4.87. The maximum absolute atomic E-state index is 13.0. The number of anilines is 1. The first kappa shape index (κ1) is 15.7. The molecule has 0 radical (unpaired) electrons. The molecular weight excluding hydrogens is 346 g/mol. The van der Waals surface area contributed by atoms with Gasteiger partial charge in [-0.05, 0) is 75.1 Å². The number of hydrogen-bond acceptors (Lipinski definition) is 5. The van der Waals surface area contributed by atoms with Gasteiger partial charge in [0, 0.05) is 6.04 Å². The summed E-state index contributed by atoms with van der Waals surface area (Å²) in [5.74, 6) is 0.726. The highest BCUT2D eigenvalue weighted by molar-refractivity contribution is 9.10. The second-order valence-corrected chi connectivity index (χ2v) is 7.07. The van der Waals surface area contributed by atoms with Crippen LogP contribution >= 0.6 is 15.9 Å². The minimum atomic E-state index is -0.157. The molecule has 6 nitrogen and oxygen atoms in total. The summed E-state index contributed by atoms with van der Waals surface area (Å²) in [7, 11) is 6.10. The zero-order chi connectivity index (χ0) is 15.9. The summed E-state index contributed by atoms with van der Waals surface area (Å²) in [4.78, 5) is 23.8. The molecule has 1 unspecified atom stereocenters. The quantitative estimate of drug-likeness (QED) is 0.805. The summed E-state index contributed by atoms with van der Waals surface area (Å²) in [6, 6.07) is 3.93. The molecule has 1 aromatic rings. The zero-order valence-electron chi connectivity index (χ0n) is 13.2. The molecule has 1 saturated heterocycles. The molecule has 3 heterocycles. The van der Waals surface area contributed by atoms with Crippen LogP contribution in [0.4, 0.5) is 5.82 Å². The largest absolute Gasteiger partial charge is 0.337 e. The van der Waals surface area contributed by atoms with Crippen LogP contribution < -0.4 is 5.32 Å². The predicted molar refractivity (Wildman–Crippen MR) is 89.7 cm³/mol. The lowest BCUT2D eigenvalue weighted by Gasteiger charge is -2.46. The molecule has 0 aliphatic carbocycles. The average Bonchev–Trinajstić information content (AvgIpc) is 2.48. The van der Waals surface area contributed by atoms with Crippen molar-refractivity contribution >= 4 is 27.7 Å². The summed E-state index contributed by atoms with van der Waals surface area (Å²) >= 11 is 3.37. The van der Waals surface area contributed by atoms with Gasteiger partial charge >= 0.3 is 0 Å². The van der Waals surface area contributed by atoms with Gasteiger partial charge in [0.05, 0.1) is 5.56 Å². The molecule has 3 rings (SSSR count). The van der Waals surface area contributed by atoms with Crippen LogP contribution in [-0.2, 0) is 0 Å². The first-order chi connectivity index (χ1) is 10.5. The van der Waals surface area contributed by atoms with E-state index in [9.17, 15) is 4.79 Å². The topological polar surface area (TPSA) is 51.7 Å². The molecule has 22 heavy (non-hydrogen) atoms. The number of carbonyl (C=O) groups excluding carboxylic acids is 1. The minimum absolute atomic E-state index is 0.0713. The van der Waals surface area contributed by atoms with Crippen molar-refractivity contribution in [2.75, 3.05) is 39.5 Å².